The molecule has 1 aromatic carbocycles. The highest BCUT2D eigenvalue weighted by Crippen LogP contribution is 2.29. The second kappa shape index (κ2) is 7.71. The smallest absolute Gasteiger partial charge is 0.249 e. The lowest BCUT2D eigenvalue weighted by molar-refractivity contribution is -0.138. The lowest BCUT2D eigenvalue weighted by atomic mass is 10.0. The normalized spacial score (nSPS) is 15.0. The molecule has 25 heavy (non-hydrogen) atoms. The fourth-order valence-electron chi connectivity index (χ4n) is 3.81. The average Bonchev–Trinajstić information content (AvgIpc) is 3.08. The summed E-state index contributed by atoms with van der Waals surface area (Å²) in [5.74, 6) is 0.0194. The van der Waals surface area contributed by atoms with E-state index in [9.17, 15) is 4.79 Å². The van der Waals surface area contributed by atoms with Crippen molar-refractivity contribution in [1.82, 2.24) is 9.88 Å². The first kappa shape index (κ1) is 18.2. The number of halogens is 1. The Morgan fingerprint density at radius 1 is 1.28 bits per heavy atom. The van der Waals surface area contributed by atoms with E-state index in [0.717, 1.165) is 34.9 Å². The zero-order valence-electron chi connectivity index (χ0n) is 15.1. The molecule has 0 unspecified atom stereocenters. The number of carbonyl (C=O) groups is 1. The Hall–Kier alpha value is -1.65. The average molecular weight is 361 g/mol. The van der Waals surface area contributed by atoms with Gasteiger partial charge in [0, 0.05) is 30.6 Å². The molecule has 1 aliphatic rings. The van der Waals surface area contributed by atoms with Gasteiger partial charge in [-0.05, 0) is 44.4 Å². The molecule has 2 aromatic rings. The van der Waals surface area contributed by atoms with Gasteiger partial charge in [0.1, 0.15) is 11.8 Å². The predicted octanol–water partition coefficient (Wildman–Crippen LogP) is 4.42. The van der Waals surface area contributed by atoms with Gasteiger partial charge < -0.3 is 9.64 Å². The van der Waals surface area contributed by atoms with Crippen molar-refractivity contribution in [2.24, 2.45) is 0 Å². The number of benzene rings is 1. The van der Waals surface area contributed by atoms with Crippen molar-refractivity contribution >= 4 is 28.4 Å². The number of fused-ring (bicyclic) bond motifs is 1. The van der Waals surface area contributed by atoms with E-state index in [2.05, 4.69) is 30.1 Å². The summed E-state index contributed by atoms with van der Waals surface area (Å²) in [6.45, 7) is 4.72. The number of hydrogen-bond acceptors (Lipinski definition) is 3. The number of aryl methyl sites for hydroxylation is 2. The maximum atomic E-state index is 12.6. The van der Waals surface area contributed by atoms with Crippen molar-refractivity contribution in [2.45, 2.75) is 52.1 Å². The molecule has 0 N–H and O–H groups in total. The molecule has 0 saturated heterocycles. The van der Waals surface area contributed by atoms with Crippen LogP contribution in [0, 0.1) is 13.8 Å². The highest BCUT2D eigenvalue weighted by atomic mass is 35.5. The fraction of sp³-hybridized carbons (Fsp3) is 0.500. The number of ether oxygens (including phenoxy) is 1. The van der Waals surface area contributed by atoms with Crippen LogP contribution in [0.4, 0.5) is 0 Å². The molecular weight excluding hydrogens is 336 g/mol. The standard InChI is InChI=1S/C20H25ClN2O2/c1-13-8-14(2)19-15(9-13)10-16(20(21)22-19)11-23(18(24)12-25-3)17-6-4-5-7-17/h8-10,17H,4-7,11-12H2,1-3H3. The third-order valence-electron chi connectivity index (χ3n) is 4.97. The number of pyridine rings is 1. The minimum absolute atomic E-state index is 0.0194. The Labute approximate surface area is 154 Å². The van der Waals surface area contributed by atoms with Crippen LogP contribution in [0.1, 0.15) is 42.4 Å². The number of aromatic nitrogens is 1. The van der Waals surface area contributed by atoms with E-state index in [1.165, 1.54) is 18.4 Å². The van der Waals surface area contributed by atoms with Crippen molar-refractivity contribution in [3.05, 3.63) is 40.0 Å². The molecule has 1 amide bonds. The van der Waals surface area contributed by atoms with Crippen LogP contribution in [0.2, 0.25) is 5.15 Å². The van der Waals surface area contributed by atoms with Crippen LogP contribution in [0.3, 0.4) is 0 Å². The molecule has 3 rings (SSSR count). The SMILES string of the molecule is COCC(=O)N(Cc1cc2cc(C)cc(C)c2nc1Cl)C1CCCC1. The Kier molecular flexibility index (Phi) is 5.60. The zero-order chi connectivity index (χ0) is 18.0. The van der Waals surface area contributed by atoms with Crippen LogP contribution in [-0.2, 0) is 16.1 Å². The highest BCUT2D eigenvalue weighted by Gasteiger charge is 2.27. The molecule has 134 valence electrons. The summed E-state index contributed by atoms with van der Waals surface area (Å²) >= 11 is 6.47. The van der Waals surface area contributed by atoms with Gasteiger partial charge in [0.15, 0.2) is 0 Å². The molecule has 1 aliphatic carbocycles. The summed E-state index contributed by atoms with van der Waals surface area (Å²) in [4.78, 5) is 19.1. The third-order valence-corrected chi connectivity index (χ3v) is 5.30. The summed E-state index contributed by atoms with van der Waals surface area (Å²) in [6.07, 6.45) is 4.44. The minimum Gasteiger partial charge on any atom is -0.375 e. The van der Waals surface area contributed by atoms with Gasteiger partial charge in [0.25, 0.3) is 0 Å². The van der Waals surface area contributed by atoms with Crippen molar-refractivity contribution in [3.8, 4) is 0 Å². The number of nitrogens with zero attached hydrogens (tertiary/aromatic N) is 2. The maximum absolute atomic E-state index is 12.6. The van der Waals surface area contributed by atoms with Gasteiger partial charge >= 0.3 is 0 Å². The van der Waals surface area contributed by atoms with Gasteiger partial charge in [0.2, 0.25) is 5.91 Å². The van der Waals surface area contributed by atoms with E-state index in [1.807, 2.05) is 11.8 Å². The van der Waals surface area contributed by atoms with Gasteiger partial charge in [-0.2, -0.15) is 0 Å². The summed E-state index contributed by atoms with van der Waals surface area (Å²) in [7, 11) is 1.56. The third kappa shape index (κ3) is 3.96. The van der Waals surface area contributed by atoms with Gasteiger partial charge in [-0.3, -0.25) is 4.79 Å². The molecule has 0 spiro atoms. The number of carbonyl (C=O) groups excluding carboxylic acids is 1. The van der Waals surface area contributed by atoms with Crippen LogP contribution in [0.25, 0.3) is 10.9 Å². The van der Waals surface area contributed by atoms with E-state index < -0.39 is 0 Å². The van der Waals surface area contributed by atoms with Gasteiger partial charge in [-0.15, -0.1) is 0 Å². The topological polar surface area (TPSA) is 42.4 Å². The molecule has 1 fully saturated rings. The molecule has 5 heteroatoms. The lowest BCUT2D eigenvalue weighted by Crippen LogP contribution is -2.40. The molecule has 0 aliphatic heterocycles. The Balaban J connectivity index is 1.95. The molecule has 0 atom stereocenters. The predicted molar refractivity (Wildman–Crippen MR) is 101 cm³/mol. The van der Waals surface area contributed by atoms with E-state index >= 15 is 0 Å². The van der Waals surface area contributed by atoms with Crippen molar-refractivity contribution in [3.63, 3.8) is 0 Å². The first-order valence-electron chi connectivity index (χ1n) is 8.84. The molecule has 1 saturated carbocycles. The van der Waals surface area contributed by atoms with Crippen LogP contribution in [-0.4, -0.2) is 35.5 Å². The van der Waals surface area contributed by atoms with Crippen molar-refractivity contribution in [2.75, 3.05) is 13.7 Å². The first-order valence-corrected chi connectivity index (χ1v) is 9.22. The minimum atomic E-state index is 0.0194. The van der Waals surface area contributed by atoms with Crippen molar-refractivity contribution in [1.29, 1.82) is 0 Å². The first-order chi connectivity index (χ1) is 12.0. The second-order valence-corrected chi connectivity index (χ2v) is 7.34. The van der Waals surface area contributed by atoms with E-state index in [4.69, 9.17) is 16.3 Å². The number of hydrogen-bond donors (Lipinski definition) is 0. The number of methoxy groups -OCH3 is 1. The summed E-state index contributed by atoms with van der Waals surface area (Å²) < 4.78 is 5.07. The molecule has 1 heterocycles. The maximum Gasteiger partial charge on any atom is 0.249 e. The lowest BCUT2D eigenvalue weighted by Gasteiger charge is -2.29. The van der Waals surface area contributed by atoms with Gasteiger partial charge in [-0.25, -0.2) is 4.98 Å². The largest absolute Gasteiger partial charge is 0.375 e. The van der Waals surface area contributed by atoms with Crippen LogP contribution in [0.15, 0.2) is 18.2 Å². The molecular formula is C20H25ClN2O2. The Morgan fingerprint density at radius 2 is 2.00 bits per heavy atom. The highest BCUT2D eigenvalue weighted by molar-refractivity contribution is 6.30. The van der Waals surface area contributed by atoms with E-state index in [1.54, 1.807) is 7.11 Å². The second-order valence-electron chi connectivity index (χ2n) is 6.98. The molecule has 1 aromatic heterocycles. The van der Waals surface area contributed by atoms with Crippen LogP contribution < -0.4 is 0 Å². The Morgan fingerprint density at radius 3 is 2.68 bits per heavy atom. The monoisotopic (exact) mass is 360 g/mol. The Bertz CT molecular complexity index is 785. The van der Waals surface area contributed by atoms with Gasteiger partial charge in [-0.1, -0.05) is 36.1 Å². The molecule has 0 radical (unpaired) electrons. The molecule has 0 bridgehead atoms. The number of amides is 1. The summed E-state index contributed by atoms with van der Waals surface area (Å²) in [5.41, 5.74) is 4.14. The molecule has 4 nitrogen and oxygen atoms in total. The van der Waals surface area contributed by atoms with E-state index in [-0.39, 0.29) is 18.6 Å². The zero-order valence-corrected chi connectivity index (χ0v) is 15.9. The van der Waals surface area contributed by atoms with Crippen LogP contribution in [0.5, 0.6) is 0 Å². The fourth-order valence-corrected chi connectivity index (χ4v) is 4.01. The van der Waals surface area contributed by atoms with Crippen LogP contribution >= 0.6 is 11.6 Å². The van der Waals surface area contributed by atoms with Gasteiger partial charge in [0.05, 0.1) is 5.52 Å². The summed E-state index contributed by atoms with van der Waals surface area (Å²) in [6, 6.07) is 6.57. The quantitative estimate of drug-likeness (QED) is 0.741. The van der Waals surface area contributed by atoms with E-state index in [0.29, 0.717) is 11.7 Å². The number of rotatable bonds is 5. The van der Waals surface area contributed by atoms with Crippen molar-refractivity contribution < 1.29 is 9.53 Å². The summed E-state index contributed by atoms with van der Waals surface area (Å²) in [5, 5.41) is 1.55.